The molecule has 0 spiro atoms. The van der Waals surface area contributed by atoms with Crippen LogP contribution in [0, 0.1) is 5.41 Å². The van der Waals surface area contributed by atoms with Crippen LogP contribution in [0.5, 0.6) is 11.5 Å². The molecule has 0 bridgehead atoms. The number of nitrogens with one attached hydrogen (secondary N) is 1. The summed E-state index contributed by atoms with van der Waals surface area (Å²) >= 11 is 3.09. The van der Waals surface area contributed by atoms with Crippen molar-refractivity contribution < 1.29 is 9.53 Å². The molecule has 2 heterocycles. The van der Waals surface area contributed by atoms with Gasteiger partial charge in [0, 0.05) is 24.7 Å². The number of amides is 1. The second kappa shape index (κ2) is 12.5. The summed E-state index contributed by atoms with van der Waals surface area (Å²) in [4.78, 5) is 22.5. The van der Waals surface area contributed by atoms with Crippen LogP contribution >= 0.6 is 15.9 Å². The molecule has 34 heavy (non-hydrogen) atoms. The third kappa shape index (κ3) is 6.89. The van der Waals surface area contributed by atoms with Gasteiger partial charge in [-0.3, -0.25) is 10.2 Å². The van der Waals surface area contributed by atoms with Crippen LogP contribution in [0.1, 0.15) is 30.4 Å². The number of halogens is 1. The monoisotopic (exact) mass is 522 g/mol. The molecule has 0 atom stereocenters. The molecule has 1 amide bonds. The third-order valence-electron chi connectivity index (χ3n) is 5.15. The number of nitrogens with two attached hydrogens (primary N) is 2. The lowest BCUT2D eigenvalue weighted by Crippen LogP contribution is -2.34. The summed E-state index contributed by atoms with van der Waals surface area (Å²) in [7, 11) is 0. The number of benzene rings is 2. The van der Waals surface area contributed by atoms with E-state index in [-0.39, 0.29) is 23.3 Å². The SMILES string of the molecule is N=C(c1ccc(Oc2ccccc2)cc1)c1c(N)ncnc1N.O=C(/C=C\Br)N1CCCCC1. The van der Waals surface area contributed by atoms with Crippen LogP contribution in [0.4, 0.5) is 11.6 Å². The van der Waals surface area contributed by atoms with Gasteiger partial charge >= 0.3 is 0 Å². The molecule has 1 saturated heterocycles. The summed E-state index contributed by atoms with van der Waals surface area (Å²) in [5.74, 6) is 1.93. The summed E-state index contributed by atoms with van der Waals surface area (Å²) in [6.07, 6.45) is 6.41. The highest BCUT2D eigenvalue weighted by atomic mass is 79.9. The highest BCUT2D eigenvalue weighted by Crippen LogP contribution is 2.24. The number of likely N-dealkylation sites (tertiary alicyclic amines) is 1. The Hall–Kier alpha value is -3.72. The molecular formula is C25H27BrN6O2. The van der Waals surface area contributed by atoms with E-state index in [1.54, 1.807) is 35.3 Å². The Morgan fingerprint density at radius 2 is 1.53 bits per heavy atom. The lowest BCUT2D eigenvalue weighted by Gasteiger charge is -2.25. The molecule has 0 saturated carbocycles. The van der Waals surface area contributed by atoms with E-state index in [1.807, 2.05) is 35.2 Å². The van der Waals surface area contributed by atoms with Crippen LogP contribution < -0.4 is 16.2 Å². The first-order chi connectivity index (χ1) is 16.5. The Morgan fingerprint density at radius 3 is 2.12 bits per heavy atom. The van der Waals surface area contributed by atoms with Crippen molar-refractivity contribution >= 4 is 39.2 Å². The molecule has 1 aliphatic rings. The first-order valence-electron chi connectivity index (χ1n) is 10.8. The number of carbonyl (C=O) groups excluding carboxylic acids is 1. The number of carbonyl (C=O) groups is 1. The fourth-order valence-electron chi connectivity index (χ4n) is 3.40. The van der Waals surface area contributed by atoms with Gasteiger partial charge in [0.1, 0.15) is 29.5 Å². The zero-order valence-corrected chi connectivity index (χ0v) is 20.2. The van der Waals surface area contributed by atoms with E-state index in [0.717, 1.165) is 31.7 Å². The third-order valence-corrected chi connectivity index (χ3v) is 5.42. The minimum Gasteiger partial charge on any atom is -0.457 e. The molecule has 8 nitrogen and oxygen atoms in total. The molecule has 9 heteroatoms. The average molecular weight is 523 g/mol. The Balaban J connectivity index is 0.000000248. The highest BCUT2D eigenvalue weighted by Gasteiger charge is 2.14. The fraction of sp³-hybridized carbons (Fsp3) is 0.200. The number of para-hydroxylation sites is 1. The van der Waals surface area contributed by atoms with E-state index in [4.69, 9.17) is 21.6 Å². The summed E-state index contributed by atoms with van der Waals surface area (Å²) in [5.41, 5.74) is 12.8. The number of hydrogen-bond acceptors (Lipinski definition) is 7. The van der Waals surface area contributed by atoms with Crippen molar-refractivity contribution in [2.45, 2.75) is 19.3 Å². The summed E-state index contributed by atoms with van der Waals surface area (Å²) < 4.78 is 5.72. The van der Waals surface area contributed by atoms with Gasteiger partial charge in [0.05, 0.1) is 11.3 Å². The first-order valence-corrected chi connectivity index (χ1v) is 11.7. The van der Waals surface area contributed by atoms with Crippen molar-refractivity contribution in [1.82, 2.24) is 14.9 Å². The molecule has 1 fully saturated rings. The van der Waals surface area contributed by atoms with E-state index < -0.39 is 0 Å². The zero-order valence-electron chi connectivity index (χ0n) is 18.7. The maximum Gasteiger partial charge on any atom is 0.247 e. The predicted octanol–water partition coefficient (Wildman–Crippen LogP) is 4.76. The molecule has 1 aromatic heterocycles. The maximum absolute atomic E-state index is 11.2. The first kappa shape index (κ1) is 24.9. The topological polar surface area (TPSA) is 131 Å². The van der Waals surface area contributed by atoms with Gasteiger partial charge in [-0.1, -0.05) is 34.1 Å². The van der Waals surface area contributed by atoms with Crippen molar-refractivity contribution in [3.63, 3.8) is 0 Å². The fourth-order valence-corrected chi connectivity index (χ4v) is 3.63. The Kier molecular flexibility index (Phi) is 9.16. The molecule has 4 rings (SSSR count). The smallest absolute Gasteiger partial charge is 0.247 e. The second-order valence-electron chi connectivity index (χ2n) is 7.51. The van der Waals surface area contributed by atoms with E-state index in [1.165, 1.54) is 12.7 Å². The van der Waals surface area contributed by atoms with Crippen LogP contribution in [0.2, 0.25) is 0 Å². The Labute approximate surface area is 207 Å². The second-order valence-corrected chi connectivity index (χ2v) is 8.04. The Morgan fingerprint density at radius 1 is 0.941 bits per heavy atom. The van der Waals surface area contributed by atoms with Gasteiger partial charge in [0.25, 0.3) is 0 Å². The van der Waals surface area contributed by atoms with Crippen LogP contribution in [0.25, 0.3) is 0 Å². The minimum absolute atomic E-state index is 0.126. The lowest BCUT2D eigenvalue weighted by atomic mass is 10.0. The number of ether oxygens (including phenoxy) is 1. The van der Waals surface area contributed by atoms with Crippen molar-refractivity contribution in [2.75, 3.05) is 24.6 Å². The predicted molar refractivity (Wildman–Crippen MR) is 138 cm³/mol. The quantitative estimate of drug-likeness (QED) is 0.327. The maximum atomic E-state index is 11.2. The molecule has 0 radical (unpaired) electrons. The van der Waals surface area contributed by atoms with Gasteiger partial charge in [0.15, 0.2) is 0 Å². The van der Waals surface area contributed by atoms with Crippen molar-refractivity contribution in [2.24, 2.45) is 0 Å². The summed E-state index contributed by atoms with van der Waals surface area (Å²) in [6.45, 7) is 1.85. The van der Waals surface area contributed by atoms with Crippen LogP contribution in [0.3, 0.4) is 0 Å². The van der Waals surface area contributed by atoms with Crippen LogP contribution in [-0.2, 0) is 4.79 Å². The molecular weight excluding hydrogens is 496 g/mol. The molecule has 2 aromatic carbocycles. The van der Waals surface area contributed by atoms with E-state index >= 15 is 0 Å². The standard InChI is InChI=1S/C17H15N5O.C8H12BrNO/c18-15(14-16(19)21-10-22-17(14)20)11-6-8-13(9-7-11)23-12-4-2-1-3-5-12;9-5-4-8(11)10-6-2-1-3-7-10/h1-10,18H,(H4,19,20,21,22);4-5H,1-3,6-7H2/b;5-4-. The minimum atomic E-state index is 0.126. The van der Waals surface area contributed by atoms with Gasteiger partial charge in [0.2, 0.25) is 5.91 Å². The van der Waals surface area contributed by atoms with Crippen LogP contribution in [-0.4, -0.2) is 39.6 Å². The lowest BCUT2D eigenvalue weighted by molar-refractivity contribution is -0.126. The normalized spacial score (nSPS) is 13.1. The molecule has 0 aliphatic carbocycles. The largest absolute Gasteiger partial charge is 0.457 e. The molecule has 5 N–H and O–H groups in total. The van der Waals surface area contributed by atoms with Gasteiger partial charge in [-0.25, -0.2) is 9.97 Å². The number of hydrogen-bond donors (Lipinski definition) is 3. The Bertz CT molecular complexity index is 1110. The van der Waals surface area contributed by atoms with E-state index in [2.05, 4.69) is 25.9 Å². The van der Waals surface area contributed by atoms with E-state index in [0.29, 0.717) is 16.9 Å². The van der Waals surface area contributed by atoms with Gasteiger partial charge in [-0.05, 0) is 60.6 Å². The van der Waals surface area contributed by atoms with E-state index in [9.17, 15) is 4.79 Å². The van der Waals surface area contributed by atoms with Crippen molar-refractivity contribution in [3.8, 4) is 11.5 Å². The highest BCUT2D eigenvalue weighted by molar-refractivity contribution is 9.11. The van der Waals surface area contributed by atoms with Crippen LogP contribution in [0.15, 0.2) is 72.0 Å². The number of anilines is 2. The molecule has 176 valence electrons. The summed E-state index contributed by atoms with van der Waals surface area (Å²) in [5, 5.41) is 8.26. The van der Waals surface area contributed by atoms with Gasteiger partial charge < -0.3 is 21.1 Å². The molecule has 0 unspecified atom stereocenters. The molecule has 3 aromatic rings. The van der Waals surface area contributed by atoms with Gasteiger partial charge in [-0.15, -0.1) is 0 Å². The van der Waals surface area contributed by atoms with Gasteiger partial charge in [-0.2, -0.15) is 0 Å². The number of rotatable bonds is 5. The van der Waals surface area contributed by atoms with Crippen molar-refractivity contribution in [1.29, 1.82) is 5.41 Å². The number of aromatic nitrogens is 2. The number of piperidine rings is 1. The number of nitrogens with zero attached hydrogens (tertiary/aromatic N) is 3. The summed E-state index contributed by atoms with van der Waals surface area (Å²) in [6, 6.07) is 16.6. The van der Waals surface area contributed by atoms with Crippen molar-refractivity contribution in [3.05, 3.63) is 83.1 Å². The zero-order chi connectivity index (χ0) is 24.3. The average Bonchev–Trinajstić information content (AvgIpc) is 2.86. The molecule has 1 aliphatic heterocycles. The number of nitrogen functional groups attached to an aromatic ring is 2.